The summed E-state index contributed by atoms with van der Waals surface area (Å²) >= 11 is 0. The van der Waals surface area contributed by atoms with Crippen molar-refractivity contribution in [1.29, 1.82) is 0 Å². The van der Waals surface area contributed by atoms with Crippen LogP contribution in [-0.4, -0.2) is 37.6 Å². The van der Waals surface area contributed by atoms with E-state index in [2.05, 4.69) is 25.3 Å². The minimum absolute atomic E-state index is 0.220. The lowest BCUT2D eigenvalue weighted by atomic mass is 10.4. The molecular formula is C8H7N5O2. The van der Waals surface area contributed by atoms with Gasteiger partial charge in [0.05, 0.1) is 0 Å². The number of anilines is 1. The van der Waals surface area contributed by atoms with Gasteiger partial charge in [0.2, 0.25) is 0 Å². The summed E-state index contributed by atoms with van der Waals surface area (Å²) in [4.78, 5) is 26.1. The Labute approximate surface area is 84.2 Å². The molecule has 0 aliphatic carbocycles. The summed E-state index contributed by atoms with van der Waals surface area (Å²) in [5, 5.41) is 11.1. The van der Waals surface area contributed by atoms with Crippen LogP contribution in [0.2, 0.25) is 0 Å². The number of hydrogen-bond donors (Lipinski definition) is 2. The van der Waals surface area contributed by atoms with E-state index >= 15 is 0 Å². The molecule has 0 amide bonds. The third kappa shape index (κ3) is 1.96. The first kappa shape index (κ1) is 9.25. The molecule has 0 saturated carbocycles. The van der Waals surface area contributed by atoms with Crippen LogP contribution in [0.15, 0.2) is 18.7 Å². The second kappa shape index (κ2) is 3.82. The van der Waals surface area contributed by atoms with Gasteiger partial charge in [0.25, 0.3) is 0 Å². The van der Waals surface area contributed by atoms with Crippen LogP contribution < -0.4 is 5.32 Å². The summed E-state index contributed by atoms with van der Waals surface area (Å²) in [6.07, 6.45) is 4.31. The summed E-state index contributed by atoms with van der Waals surface area (Å²) < 4.78 is 0. The lowest BCUT2D eigenvalue weighted by Gasteiger charge is -2.03. The molecular weight excluding hydrogens is 198 g/mol. The van der Waals surface area contributed by atoms with Crippen molar-refractivity contribution in [3.05, 3.63) is 18.7 Å². The number of aromatic nitrogens is 4. The quantitative estimate of drug-likeness (QED) is 0.722. The molecule has 76 valence electrons. The normalized spacial score (nSPS) is 10.1. The van der Waals surface area contributed by atoms with Gasteiger partial charge in [0, 0.05) is 12.4 Å². The Hall–Kier alpha value is -2.31. The third-order valence-corrected chi connectivity index (χ3v) is 1.68. The zero-order valence-corrected chi connectivity index (χ0v) is 7.58. The molecule has 0 saturated heterocycles. The lowest BCUT2D eigenvalue weighted by molar-refractivity contribution is -0.134. The van der Waals surface area contributed by atoms with E-state index in [9.17, 15) is 4.79 Å². The number of nitrogens with zero attached hydrogens (tertiary/aromatic N) is 4. The predicted octanol–water partition coefficient (Wildman–Crippen LogP) is -0.0837. The Morgan fingerprint density at radius 1 is 1.27 bits per heavy atom. The Balaban J connectivity index is 2.38. The van der Waals surface area contributed by atoms with E-state index in [1.807, 2.05) is 0 Å². The lowest BCUT2D eigenvalue weighted by Crippen LogP contribution is -2.13. The second-order valence-electron chi connectivity index (χ2n) is 2.70. The summed E-state index contributed by atoms with van der Waals surface area (Å²) in [5.74, 6) is -0.596. The SMILES string of the molecule is O=C(O)CNc1ncnc2nccnc12. The van der Waals surface area contributed by atoms with E-state index in [1.165, 1.54) is 18.7 Å². The van der Waals surface area contributed by atoms with Crippen LogP contribution in [0.4, 0.5) is 5.82 Å². The molecule has 15 heavy (non-hydrogen) atoms. The summed E-state index contributed by atoms with van der Waals surface area (Å²) in [6, 6.07) is 0. The number of fused-ring (bicyclic) bond motifs is 1. The van der Waals surface area contributed by atoms with Gasteiger partial charge in [0.1, 0.15) is 18.4 Å². The van der Waals surface area contributed by atoms with E-state index in [1.54, 1.807) is 0 Å². The van der Waals surface area contributed by atoms with Gasteiger partial charge in [-0.2, -0.15) is 0 Å². The van der Waals surface area contributed by atoms with Crippen molar-refractivity contribution < 1.29 is 9.90 Å². The number of carbonyl (C=O) groups is 1. The molecule has 2 aromatic heterocycles. The molecule has 0 unspecified atom stereocenters. The van der Waals surface area contributed by atoms with E-state index < -0.39 is 5.97 Å². The number of carboxylic acids is 1. The van der Waals surface area contributed by atoms with Gasteiger partial charge < -0.3 is 10.4 Å². The zero-order valence-electron chi connectivity index (χ0n) is 7.58. The highest BCUT2D eigenvalue weighted by atomic mass is 16.4. The predicted molar refractivity (Wildman–Crippen MR) is 51.3 cm³/mol. The number of nitrogens with one attached hydrogen (secondary N) is 1. The first-order chi connectivity index (χ1) is 7.27. The standard InChI is InChI=1S/C8H7N5O2/c14-5(15)3-11-8-6-7(12-4-13-8)10-2-1-9-6/h1-2,4H,3H2,(H,14,15)(H,10,11,12,13). The molecule has 0 aliphatic heterocycles. The van der Waals surface area contributed by atoms with Gasteiger partial charge in [-0.1, -0.05) is 0 Å². The van der Waals surface area contributed by atoms with Gasteiger partial charge in [-0.15, -0.1) is 0 Å². The van der Waals surface area contributed by atoms with Crippen molar-refractivity contribution in [2.75, 3.05) is 11.9 Å². The Kier molecular flexibility index (Phi) is 2.36. The van der Waals surface area contributed by atoms with Crippen molar-refractivity contribution >= 4 is 23.0 Å². The minimum Gasteiger partial charge on any atom is -0.480 e. The summed E-state index contributed by atoms with van der Waals surface area (Å²) in [5.41, 5.74) is 0.890. The molecule has 2 N–H and O–H groups in total. The van der Waals surface area contributed by atoms with Crippen LogP contribution in [0.5, 0.6) is 0 Å². The highest BCUT2D eigenvalue weighted by molar-refractivity contribution is 5.83. The van der Waals surface area contributed by atoms with Crippen LogP contribution >= 0.6 is 0 Å². The maximum atomic E-state index is 10.4. The fourth-order valence-electron chi connectivity index (χ4n) is 1.08. The third-order valence-electron chi connectivity index (χ3n) is 1.68. The van der Waals surface area contributed by atoms with Crippen LogP contribution in [0.1, 0.15) is 0 Å². The monoisotopic (exact) mass is 205 g/mol. The second-order valence-corrected chi connectivity index (χ2v) is 2.70. The Morgan fingerprint density at radius 3 is 2.87 bits per heavy atom. The van der Waals surface area contributed by atoms with Crippen LogP contribution in [0, 0.1) is 0 Å². The molecule has 0 aliphatic rings. The average molecular weight is 205 g/mol. The number of rotatable bonds is 3. The molecule has 0 atom stereocenters. The smallest absolute Gasteiger partial charge is 0.322 e. The van der Waals surface area contributed by atoms with Gasteiger partial charge in [-0.05, 0) is 0 Å². The molecule has 0 fully saturated rings. The minimum atomic E-state index is -0.967. The van der Waals surface area contributed by atoms with Crippen molar-refractivity contribution in [3.63, 3.8) is 0 Å². The number of hydrogen-bond acceptors (Lipinski definition) is 6. The Morgan fingerprint density at radius 2 is 2.07 bits per heavy atom. The van der Waals surface area contributed by atoms with Crippen molar-refractivity contribution in [2.45, 2.75) is 0 Å². The fraction of sp³-hybridized carbons (Fsp3) is 0.125. The molecule has 7 nitrogen and oxygen atoms in total. The molecule has 7 heteroatoms. The van der Waals surface area contributed by atoms with Crippen molar-refractivity contribution in [3.8, 4) is 0 Å². The first-order valence-corrected chi connectivity index (χ1v) is 4.15. The molecule has 0 aromatic carbocycles. The first-order valence-electron chi connectivity index (χ1n) is 4.15. The van der Waals surface area contributed by atoms with E-state index in [0.717, 1.165) is 0 Å². The van der Waals surface area contributed by atoms with Gasteiger partial charge in [-0.25, -0.2) is 19.9 Å². The molecule has 0 spiro atoms. The van der Waals surface area contributed by atoms with Crippen molar-refractivity contribution in [1.82, 2.24) is 19.9 Å². The Bertz CT molecular complexity index is 496. The van der Waals surface area contributed by atoms with Gasteiger partial charge in [-0.3, -0.25) is 4.79 Å². The van der Waals surface area contributed by atoms with Crippen molar-refractivity contribution in [2.24, 2.45) is 0 Å². The van der Waals surface area contributed by atoms with E-state index in [4.69, 9.17) is 5.11 Å². The van der Waals surface area contributed by atoms with Gasteiger partial charge >= 0.3 is 5.97 Å². The molecule has 0 bridgehead atoms. The topological polar surface area (TPSA) is 101 Å². The van der Waals surface area contributed by atoms with Crippen LogP contribution in [-0.2, 0) is 4.79 Å². The number of carboxylic acid groups (broad SMARTS) is 1. The summed E-state index contributed by atoms with van der Waals surface area (Å²) in [7, 11) is 0. The van der Waals surface area contributed by atoms with Gasteiger partial charge in [0.15, 0.2) is 11.5 Å². The maximum Gasteiger partial charge on any atom is 0.322 e. The molecule has 2 heterocycles. The van der Waals surface area contributed by atoms with E-state index in [0.29, 0.717) is 17.0 Å². The highest BCUT2D eigenvalue weighted by Gasteiger charge is 2.05. The summed E-state index contributed by atoms with van der Waals surface area (Å²) in [6.45, 7) is -0.220. The van der Waals surface area contributed by atoms with Crippen LogP contribution in [0.25, 0.3) is 11.2 Å². The average Bonchev–Trinajstić information content (AvgIpc) is 2.26. The van der Waals surface area contributed by atoms with E-state index in [-0.39, 0.29) is 6.54 Å². The zero-order chi connectivity index (χ0) is 10.7. The molecule has 2 rings (SSSR count). The maximum absolute atomic E-state index is 10.4. The number of aliphatic carboxylic acids is 1. The van der Waals surface area contributed by atoms with Crippen LogP contribution in [0.3, 0.4) is 0 Å². The highest BCUT2D eigenvalue weighted by Crippen LogP contribution is 2.12. The molecule has 2 aromatic rings. The largest absolute Gasteiger partial charge is 0.480 e. The molecule has 0 radical (unpaired) electrons. The fourth-order valence-corrected chi connectivity index (χ4v) is 1.08.